The molecule has 1 heterocycles. The number of rotatable bonds is 5. The highest BCUT2D eigenvalue weighted by atomic mass is 32.2. The minimum Gasteiger partial charge on any atom is -0.478 e. The average molecular weight is 325 g/mol. The van der Waals surface area contributed by atoms with Crippen molar-refractivity contribution in [3.05, 3.63) is 52.2 Å². The van der Waals surface area contributed by atoms with Crippen molar-refractivity contribution in [1.29, 1.82) is 0 Å². The lowest BCUT2D eigenvalue weighted by molar-refractivity contribution is 0.0696. The Labute approximate surface area is 127 Å². The van der Waals surface area contributed by atoms with Crippen LogP contribution in [-0.2, 0) is 10.0 Å². The van der Waals surface area contributed by atoms with Crippen molar-refractivity contribution in [2.24, 2.45) is 0 Å². The van der Waals surface area contributed by atoms with Gasteiger partial charge in [0.1, 0.15) is 0 Å². The number of hydrogen-bond acceptors (Lipinski definition) is 4. The van der Waals surface area contributed by atoms with Gasteiger partial charge in [0.25, 0.3) is 0 Å². The zero-order chi connectivity index (χ0) is 15.6. The van der Waals surface area contributed by atoms with E-state index in [1.54, 1.807) is 6.92 Å². The van der Waals surface area contributed by atoms with E-state index in [2.05, 4.69) is 0 Å². The Morgan fingerprint density at radius 1 is 1.29 bits per heavy atom. The molecule has 0 aliphatic rings. The molecule has 0 spiro atoms. The van der Waals surface area contributed by atoms with Crippen LogP contribution in [0.1, 0.15) is 28.2 Å². The first-order valence-corrected chi connectivity index (χ1v) is 8.51. The third-order valence-electron chi connectivity index (χ3n) is 3.26. The SMILES string of the molecule is C[C@@H](c1cccs1)N(C)S(=O)(=O)c1cccc(C(=O)O)c1. The number of benzene rings is 1. The van der Waals surface area contributed by atoms with E-state index in [4.69, 9.17) is 5.11 Å². The predicted molar refractivity (Wildman–Crippen MR) is 81.1 cm³/mol. The molecule has 0 amide bonds. The summed E-state index contributed by atoms with van der Waals surface area (Å²) in [6.45, 7) is 1.80. The predicted octanol–water partition coefficient (Wildman–Crippen LogP) is 2.83. The Morgan fingerprint density at radius 3 is 2.57 bits per heavy atom. The number of carbonyl (C=O) groups is 1. The van der Waals surface area contributed by atoms with E-state index in [0.717, 1.165) is 4.88 Å². The molecule has 5 nitrogen and oxygen atoms in total. The molecule has 112 valence electrons. The van der Waals surface area contributed by atoms with Crippen LogP contribution < -0.4 is 0 Å². The van der Waals surface area contributed by atoms with Gasteiger partial charge in [-0.05, 0) is 36.6 Å². The smallest absolute Gasteiger partial charge is 0.335 e. The number of carboxylic acid groups (broad SMARTS) is 1. The molecule has 2 aromatic rings. The second-order valence-electron chi connectivity index (χ2n) is 4.55. The molecule has 0 bridgehead atoms. The van der Waals surface area contributed by atoms with Crippen LogP contribution in [0.5, 0.6) is 0 Å². The lowest BCUT2D eigenvalue weighted by atomic mass is 10.2. The summed E-state index contributed by atoms with van der Waals surface area (Å²) >= 11 is 1.48. The van der Waals surface area contributed by atoms with Crippen molar-refractivity contribution in [3.63, 3.8) is 0 Å². The van der Waals surface area contributed by atoms with Crippen molar-refractivity contribution in [2.45, 2.75) is 17.9 Å². The zero-order valence-corrected chi connectivity index (χ0v) is 13.2. The van der Waals surface area contributed by atoms with Crippen molar-refractivity contribution in [3.8, 4) is 0 Å². The van der Waals surface area contributed by atoms with Crippen molar-refractivity contribution < 1.29 is 18.3 Å². The van der Waals surface area contributed by atoms with E-state index in [-0.39, 0.29) is 16.5 Å². The summed E-state index contributed by atoms with van der Waals surface area (Å²) in [6.07, 6.45) is 0. The van der Waals surface area contributed by atoms with Gasteiger partial charge in [-0.3, -0.25) is 0 Å². The fourth-order valence-electron chi connectivity index (χ4n) is 1.87. The molecule has 0 saturated heterocycles. The lowest BCUT2D eigenvalue weighted by Gasteiger charge is -2.23. The highest BCUT2D eigenvalue weighted by molar-refractivity contribution is 7.89. The molecular formula is C14H15NO4S2. The van der Waals surface area contributed by atoms with Crippen molar-refractivity contribution in [2.75, 3.05) is 7.05 Å². The van der Waals surface area contributed by atoms with E-state index in [1.807, 2.05) is 17.5 Å². The Hall–Kier alpha value is -1.70. The van der Waals surface area contributed by atoms with Crippen molar-refractivity contribution in [1.82, 2.24) is 4.31 Å². The number of carboxylic acids is 1. The number of nitrogens with zero attached hydrogens (tertiary/aromatic N) is 1. The fourth-order valence-corrected chi connectivity index (χ4v) is 4.15. The Morgan fingerprint density at radius 2 is 2.00 bits per heavy atom. The molecule has 0 saturated carbocycles. The third kappa shape index (κ3) is 3.15. The van der Waals surface area contributed by atoms with Gasteiger partial charge in [0.15, 0.2) is 0 Å². The molecular weight excluding hydrogens is 310 g/mol. The molecule has 1 aromatic carbocycles. The van der Waals surface area contributed by atoms with E-state index in [0.29, 0.717) is 0 Å². The van der Waals surface area contributed by atoms with Gasteiger partial charge >= 0.3 is 5.97 Å². The van der Waals surface area contributed by atoms with Gasteiger partial charge in [0, 0.05) is 11.9 Å². The third-order valence-corrected chi connectivity index (χ3v) is 6.23. The molecule has 7 heteroatoms. The van der Waals surface area contributed by atoms with Crippen LogP contribution in [0.2, 0.25) is 0 Å². The maximum absolute atomic E-state index is 12.6. The number of thiophene rings is 1. The number of hydrogen-bond donors (Lipinski definition) is 1. The first-order chi connectivity index (χ1) is 9.84. The van der Waals surface area contributed by atoms with Gasteiger partial charge in [0.05, 0.1) is 16.5 Å². The highest BCUT2D eigenvalue weighted by Gasteiger charge is 2.27. The first kappa shape index (κ1) is 15.7. The summed E-state index contributed by atoms with van der Waals surface area (Å²) in [5.74, 6) is -1.15. The van der Waals surface area contributed by atoms with Gasteiger partial charge in [0.2, 0.25) is 10.0 Å². The Balaban J connectivity index is 2.37. The van der Waals surface area contributed by atoms with E-state index in [1.165, 1.54) is 47.0 Å². The minimum absolute atomic E-state index is 0.0201. The second-order valence-corrected chi connectivity index (χ2v) is 7.52. The molecule has 0 aliphatic carbocycles. The molecule has 1 N–H and O–H groups in total. The molecule has 1 aromatic heterocycles. The van der Waals surface area contributed by atoms with Crippen LogP contribution in [0.4, 0.5) is 0 Å². The quantitative estimate of drug-likeness (QED) is 0.917. The van der Waals surface area contributed by atoms with Gasteiger partial charge in [-0.15, -0.1) is 11.3 Å². The van der Waals surface area contributed by atoms with Gasteiger partial charge in [-0.1, -0.05) is 12.1 Å². The summed E-state index contributed by atoms with van der Waals surface area (Å²) in [6, 6.07) is 8.79. The van der Waals surface area contributed by atoms with Crippen molar-refractivity contribution >= 4 is 27.3 Å². The molecule has 2 rings (SSSR count). The van der Waals surface area contributed by atoms with Crippen LogP contribution in [0, 0.1) is 0 Å². The zero-order valence-electron chi connectivity index (χ0n) is 11.6. The molecule has 0 unspecified atom stereocenters. The van der Waals surface area contributed by atoms with Gasteiger partial charge < -0.3 is 5.11 Å². The standard InChI is InChI=1S/C14H15NO4S2/c1-10(13-7-4-8-20-13)15(2)21(18,19)12-6-3-5-11(9-12)14(16)17/h3-10H,1-2H3,(H,16,17)/t10-/m0/s1. The molecule has 0 radical (unpaired) electrons. The van der Waals surface area contributed by atoms with Gasteiger partial charge in [-0.2, -0.15) is 4.31 Å². The lowest BCUT2D eigenvalue weighted by Crippen LogP contribution is -2.29. The monoisotopic (exact) mass is 325 g/mol. The molecule has 0 aliphatic heterocycles. The van der Waals surface area contributed by atoms with Crippen LogP contribution in [0.3, 0.4) is 0 Å². The second kappa shape index (κ2) is 5.97. The summed E-state index contributed by atoms with van der Waals surface area (Å²) in [5, 5.41) is 10.9. The van der Waals surface area contributed by atoms with Crippen LogP contribution >= 0.6 is 11.3 Å². The summed E-state index contributed by atoms with van der Waals surface area (Å²) in [5.41, 5.74) is -0.0479. The number of aromatic carboxylic acids is 1. The maximum Gasteiger partial charge on any atom is 0.335 e. The van der Waals surface area contributed by atoms with Gasteiger partial charge in [-0.25, -0.2) is 13.2 Å². The number of sulfonamides is 1. The molecule has 0 fully saturated rings. The summed E-state index contributed by atoms with van der Waals surface area (Å²) < 4.78 is 26.4. The Bertz CT molecular complexity index is 738. The first-order valence-electron chi connectivity index (χ1n) is 6.19. The van der Waals surface area contributed by atoms with E-state index < -0.39 is 16.0 Å². The maximum atomic E-state index is 12.6. The average Bonchev–Trinajstić information content (AvgIpc) is 3.00. The topological polar surface area (TPSA) is 74.7 Å². The van der Waals surface area contributed by atoms with Crippen LogP contribution in [-0.4, -0.2) is 30.8 Å². The van der Waals surface area contributed by atoms with E-state index in [9.17, 15) is 13.2 Å². The molecule has 21 heavy (non-hydrogen) atoms. The Kier molecular flexibility index (Phi) is 4.46. The normalized spacial score (nSPS) is 13.3. The summed E-state index contributed by atoms with van der Waals surface area (Å²) in [7, 11) is -2.25. The van der Waals surface area contributed by atoms with Crippen LogP contribution in [0.15, 0.2) is 46.7 Å². The largest absolute Gasteiger partial charge is 0.478 e. The minimum atomic E-state index is -3.74. The fraction of sp³-hybridized carbons (Fsp3) is 0.214. The van der Waals surface area contributed by atoms with Crippen LogP contribution in [0.25, 0.3) is 0 Å². The highest BCUT2D eigenvalue weighted by Crippen LogP contribution is 2.28. The summed E-state index contributed by atoms with van der Waals surface area (Å²) in [4.78, 5) is 11.9. The van der Waals surface area contributed by atoms with E-state index >= 15 is 0 Å². The molecule has 1 atom stereocenters.